The quantitative estimate of drug-likeness (QED) is 0.352. The van der Waals surface area contributed by atoms with Gasteiger partial charge in [-0.2, -0.15) is 0 Å². The molecule has 0 rings (SSSR count). The maximum Gasteiger partial charge on any atom is 0.254 e. The van der Waals surface area contributed by atoms with Crippen molar-refractivity contribution in [2.75, 3.05) is 6.61 Å². The first kappa shape index (κ1) is 18.7. The van der Waals surface area contributed by atoms with E-state index in [1.165, 1.54) is 0 Å². The van der Waals surface area contributed by atoms with Crippen molar-refractivity contribution < 1.29 is 17.7 Å². The molecule has 0 spiro atoms. The van der Waals surface area contributed by atoms with E-state index in [-0.39, 0.29) is 0 Å². The summed E-state index contributed by atoms with van der Waals surface area (Å²) in [6.45, 7) is 13.2. The zero-order valence-electron chi connectivity index (χ0n) is 12.3. The van der Waals surface area contributed by atoms with Crippen LogP contribution in [0.1, 0.15) is 12.8 Å². The summed E-state index contributed by atoms with van der Waals surface area (Å²) in [5.74, 6) is -0.849. The van der Waals surface area contributed by atoms with E-state index in [0.29, 0.717) is 13.0 Å². The minimum absolute atomic E-state index is 0.620. The van der Waals surface area contributed by atoms with Gasteiger partial charge in [0, 0.05) is 13.0 Å². The number of rotatable bonds is 10. The van der Waals surface area contributed by atoms with Crippen molar-refractivity contribution in [3.8, 4) is 0 Å². The molecule has 0 aromatic rings. The Balaban J connectivity index is 4.74. The van der Waals surface area contributed by atoms with Crippen LogP contribution in [0.5, 0.6) is 0 Å². The molecular weight excluding hydrogens is 296 g/mol. The van der Waals surface area contributed by atoms with E-state index < -0.39 is 33.1 Å². The molecule has 4 nitrogen and oxygen atoms in total. The molecule has 0 aliphatic heterocycles. The van der Waals surface area contributed by atoms with Gasteiger partial charge in [-0.1, -0.05) is 0 Å². The molecule has 104 valence electrons. The second-order valence-corrected chi connectivity index (χ2v) is 11.0. The molecule has 0 N–H and O–H groups in total. The molecule has 0 amide bonds. The highest BCUT2D eigenvalue weighted by atomic mass is 28.3. The van der Waals surface area contributed by atoms with Crippen LogP contribution in [0.3, 0.4) is 0 Å². The summed E-state index contributed by atoms with van der Waals surface area (Å²) in [5.41, 5.74) is 0. The Bertz CT molecular complexity index is 188. The van der Waals surface area contributed by atoms with Crippen LogP contribution in [0.4, 0.5) is 0 Å². The largest absolute Gasteiger partial charge is 0.419 e. The SMILES string of the molecule is C[Si](C)OC(CCCO[Si])(O[Si](C)C)O[Si](C)C. The topological polar surface area (TPSA) is 36.9 Å². The highest BCUT2D eigenvalue weighted by Crippen LogP contribution is 2.25. The molecule has 0 bridgehead atoms. The second-order valence-electron chi connectivity index (χ2n) is 4.67. The fraction of sp³-hybridized carbons (Fsp3) is 1.00. The third-order valence-corrected chi connectivity index (χ3v) is 4.17. The Hall–Kier alpha value is 0.708. The van der Waals surface area contributed by atoms with Gasteiger partial charge >= 0.3 is 0 Å². The van der Waals surface area contributed by atoms with Gasteiger partial charge < -0.3 is 17.7 Å². The Morgan fingerprint density at radius 2 is 1.22 bits per heavy atom. The molecule has 8 heteroatoms. The molecule has 0 aliphatic rings. The Labute approximate surface area is 120 Å². The van der Waals surface area contributed by atoms with Gasteiger partial charge in [0.2, 0.25) is 37.6 Å². The highest BCUT2D eigenvalue weighted by molar-refractivity contribution is 6.51. The minimum Gasteiger partial charge on any atom is -0.419 e. The molecule has 0 saturated heterocycles. The van der Waals surface area contributed by atoms with Gasteiger partial charge in [0.15, 0.2) is 0 Å². The summed E-state index contributed by atoms with van der Waals surface area (Å²) in [7, 11) is 0.349. The summed E-state index contributed by atoms with van der Waals surface area (Å²) >= 11 is 0. The van der Waals surface area contributed by atoms with Gasteiger partial charge in [-0.15, -0.1) is 0 Å². The second kappa shape index (κ2) is 9.59. The smallest absolute Gasteiger partial charge is 0.254 e. The predicted octanol–water partition coefficient (Wildman–Crippen LogP) is 2.32. The summed E-state index contributed by atoms with van der Waals surface area (Å²) in [4.78, 5) is 0. The van der Waals surface area contributed by atoms with Crippen molar-refractivity contribution >= 4 is 37.6 Å². The van der Waals surface area contributed by atoms with E-state index in [2.05, 4.69) is 49.8 Å². The summed E-state index contributed by atoms with van der Waals surface area (Å²) in [6, 6.07) is 0. The van der Waals surface area contributed by atoms with Gasteiger partial charge in [0.1, 0.15) is 0 Å². The number of hydrogen-bond donors (Lipinski definition) is 0. The van der Waals surface area contributed by atoms with Crippen molar-refractivity contribution in [1.82, 2.24) is 0 Å². The maximum atomic E-state index is 6.04. The summed E-state index contributed by atoms with van der Waals surface area (Å²) in [5, 5.41) is 0. The van der Waals surface area contributed by atoms with Crippen LogP contribution < -0.4 is 0 Å². The van der Waals surface area contributed by atoms with Crippen LogP contribution in [0, 0.1) is 0 Å². The molecule has 0 saturated carbocycles. The zero-order valence-corrected chi connectivity index (χ0v) is 16.3. The van der Waals surface area contributed by atoms with Crippen molar-refractivity contribution in [2.24, 2.45) is 0 Å². The number of hydrogen-bond acceptors (Lipinski definition) is 4. The van der Waals surface area contributed by atoms with Crippen molar-refractivity contribution in [3.05, 3.63) is 0 Å². The molecule has 0 atom stereocenters. The third-order valence-electron chi connectivity index (χ3n) is 1.81. The lowest BCUT2D eigenvalue weighted by molar-refractivity contribution is -0.267. The first-order valence-electron chi connectivity index (χ1n) is 6.07. The molecular formula is C10H24O4Si4. The molecule has 0 fully saturated rings. The third kappa shape index (κ3) is 8.75. The molecule has 6 radical (unpaired) electrons. The van der Waals surface area contributed by atoms with Gasteiger partial charge in [-0.25, -0.2) is 0 Å². The van der Waals surface area contributed by atoms with E-state index in [0.717, 1.165) is 6.42 Å². The van der Waals surface area contributed by atoms with E-state index >= 15 is 0 Å². The fourth-order valence-electron chi connectivity index (χ4n) is 1.51. The van der Waals surface area contributed by atoms with Crippen molar-refractivity contribution in [1.29, 1.82) is 0 Å². The average molecular weight is 321 g/mol. The first-order valence-corrected chi connectivity index (χ1v) is 13.7. The Kier molecular flexibility index (Phi) is 9.96. The maximum absolute atomic E-state index is 6.04. The van der Waals surface area contributed by atoms with Crippen LogP contribution in [0.15, 0.2) is 0 Å². The standard InChI is InChI=1S/C10H24O4Si4/c1-16(2)12-10(13-17(3)4,14-18(5)6)8-7-9-11-15/h7-9H2,1-6H3. The van der Waals surface area contributed by atoms with Crippen LogP contribution in [0.2, 0.25) is 39.3 Å². The minimum atomic E-state index is -0.888. The van der Waals surface area contributed by atoms with Gasteiger partial charge in [0.05, 0.1) is 0 Å². The zero-order chi connectivity index (χ0) is 14.2. The van der Waals surface area contributed by atoms with Crippen LogP contribution in [0.25, 0.3) is 0 Å². The van der Waals surface area contributed by atoms with E-state index in [9.17, 15) is 0 Å². The fourth-order valence-corrected chi connectivity index (χ4v) is 4.33. The normalized spacial score (nSPS) is 13.0. The molecule has 0 aromatic heterocycles. The lowest BCUT2D eigenvalue weighted by atomic mass is 10.3. The monoisotopic (exact) mass is 320 g/mol. The van der Waals surface area contributed by atoms with Gasteiger partial charge in [0.25, 0.3) is 5.97 Å². The molecule has 18 heavy (non-hydrogen) atoms. The van der Waals surface area contributed by atoms with Crippen LogP contribution >= 0.6 is 0 Å². The lowest BCUT2D eigenvalue weighted by Gasteiger charge is -2.38. The van der Waals surface area contributed by atoms with E-state index in [4.69, 9.17) is 17.7 Å². The predicted molar refractivity (Wildman–Crippen MR) is 79.4 cm³/mol. The molecule has 0 heterocycles. The van der Waals surface area contributed by atoms with Crippen LogP contribution in [-0.2, 0) is 17.7 Å². The van der Waals surface area contributed by atoms with E-state index in [1.54, 1.807) is 0 Å². The highest BCUT2D eigenvalue weighted by Gasteiger charge is 2.36. The van der Waals surface area contributed by atoms with Crippen molar-refractivity contribution in [3.63, 3.8) is 0 Å². The Morgan fingerprint density at radius 3 is 1.50 bits per heavy atom. The van der Waals surface area contributed by atoms with Crippen molar-refractivity contribution in [2.45, 2.75) is 58.1 Å². The van der Waals surface area contributed by atoms with Gasteiger partial charge in [-0.3, -0.25) is 0 Å². The van der Waals surface area contributed by atoms with Crippen LogP contribution in [-0.4, -0.2) is 50.2 Å². The Morgan fingerprint density at radius 1 is 0.833 bits per heavy atom. The van der Waals surface area contributed by atoms with E-state index in [1.807, 2.05) is 0 Å². The lowest BCUT2D eigenvalue weighted by Crippen LogP contribution is -2.47. The molecule has 0 aromatic carbocycles. The first-order chi connectivity index (χ1) is 8.31. The summed E-state index contributed by atoms with van der Waals surface area (Å²) in [6.07, 6.45) is 1.54. The molecule has 0 unspecified atom stereocenters. The summed E-state index contributed by atoms with van der Waals surface area (Å²) < 4.78 is 23.0. The van der Waals surface area contributed by atoms with Gasteiger partial charge in [-0.05, 0) is 45.7 Å². The average Bonchev–Trinajstić information content (AvgIpc) is 2.13. The molecule has 0 aliphatic carbocycles.